The molecule has 3 aromatic rings. The summed E-state index contributed by atoms with van der Waals surface area (Å²) < 4.78 is 11.5. The van der Waals surface area contributed by atoms with Gasteiger partial charge in [0.1, 0.15) is 11.5 Å². The summed E-state index contributed by atoms with van der Waals surface area (Å²) in [5.41, 5.74) is 4.96. The van der Waals surface area contributed by atoms with Crippen molar-refractivity contribution in [3.8, 4) is 17.0 Å². The number of aromatic nitrogens is 2. The highest BCUT2D eigenvalue weighted by atomic mass is 16.5. The molecule has 1 fully saturated rings. The van der Waals surface area contributed by atoms with Crippen LogP contribution in [0.15, 0.2) is 54.7 Å². The second-order valence-corrected chi connectivity index (χ2v) is 9.24. The molecule has 0 spiro atoms. The van der Waals surface area contributed by atoms with Crippen molar-refractivity contribution in [1.29, 1.82) is 0 Å². The summed E-state index contributed by atoms with van der Waals surface area (Å²) in [6, 6.07) is 15.9. The zero-order chi connectivity index (χ0) is 24.7. The van der Waals surface area contributed by atoms with Crippen LogP contribution < -0.4 is 20.3 Å². The minimum Gasteiger partial charge on any atom is -0.494 e. The fourth-order valence-corrected chi connectivity index (χ4v) is 4.56. The van der Waals surface area contributed by atoms with E-state index in [0.29, 0.717) is 38.7 Å². The fourth-order valence-electron chi connectivity index (χ4n) is 4.56. The van der Waals surface area contributed by atoms with Gasteiger partial charge in [0.2, 0.25) is 5.95 Å². The van der Waals surface area contributed by atoms with Gasteiger partial charge in [-0.15, -0.1) is 0 Å². The van der Waals surface area contributed by atoms with Gasteiger partial charge in [0.05, 0.1) is 31.6 Å². The number of hydrogen-bond donors (Lipinski definition) is 2. The highest BCUT2D eigenvalue weighted by molar-refractivity contribution is 5.83. The van der Waals surface area contributed by atoms with Gasteiger partial charge < -0.3 is 25.0 Å². The first-order valence-corrected chi connectivity index (χ1v) is 12.7. The Bertz CT molecular complexity index is 1200. The number of morpholine rings is 1. The molecule has 2 aliphatic heterocycles. The summed E-state index contributed by atoms with van der Waals surface area (Å²) in [5, 5.41) is 6.81. The standard InChI is InChI=1S/C28H33N5O3/c1-20-27(34)7-2-3-14-36-24-6-4-5-21(18-24)25-10-11-29-28(32-25)31-23-8-9-26(22(17-23)19-30-20)33-12-15-35-16-13-33/h4-6,8-11,17-18,20,30H,2-3,7,12-16,19H2,1H3,(H,29,31,32)/t20-/m0/s1. The van der Waals surface area contributed by atoms with Crippen LogP contribution in [0.3, 0.4) is 0 Å². The Balaban J connectivity index is 1.47. The number of benzene rings is 2. The molecular formula is C28H33N5O3. The minimum atomic E-state index is -0.223. The van der Waals surface area contributed by atoms with Crippen LogP contribution in [0.1, 0.15) is 31.7 Å². The number of carbonyl (C=O) groups excluding carboxylic acids is 1. The van der Waals surface area contributed by atoms with Crippen molar-refractivity contribution in [3.05, 3.63) is 60.3 Å². The number of carbonyl (C=O) groups is 1. The largest absolute Gasteiger partial charge is 0.494 e. The Labute approximate surface area is 212 Å². The van der Waals surface area contributed by atoms with E-state index >= 15 is 0 Å². The number of ether oxygens (including phenoxy) is 2. The molecule has 6 bridgehead atoms. The first kappa shape index (κ1) is 24.2. The van der Waals surface area contributed by atoms with Gasteiger partial charge in [0, 0.05) is 49.2 Å². The Morgan fingerprint density at radius 1 is 1.03 bits per heavy atom. The molecule has 3 heterocycles. The third-order valence-corrected chi connectivity index (χ3v) is 6.64. The molecule has 1 saturated heterocycles. The Morgan fingerprint density at radius 2 is 1.92 bits per heavy atom. The van der Waals surface area contributed by atoms with E-state index in [4.69, 9.17) is 14.5 Å². The summed E-state index contributed by atoms with van der Waals surface area (Å²) in [4.78, 5) is 24.3. The fraction of sp³-hybridized carbons (Fsp3) is 0.393. The van der Waals surface area contributed by atoms with Crippen LogP contribution in [-0.4, -0.2) is 54.7 Å². The van der Waals surface area contributed by atoms with E-state index in [2.05, 4.69) is 38.7 Å². The van der Waals surface area contributed by atoms with E-state index < -0.39 is 0 Å². The lowest BCUT2D eigenvalue weighted by atomic mass is 10.1. The van der Waals surface area contributed by atoms with E-state index in [0.717, 1.165) is 59.9 Å². The van der Waals surface area contributed by atoms with Gasteiger partial charge in [-0.05, 0) is 61.7 Å². The summed E-state index contributed by atoms with van der Waals surface area (Å²) >= 11 is 0. The SMILES string of the molecule is C[C@@H]1NCc2cc(ccc2N2CCOCC2)Nc2nccc(n2)-c2cccc(c2)OCCCCC1=O. The molecule has 8 heteroatoms. The van der Waals surface area contributed by atoms with Gasteiger partial charge in [0.25, 0.3) is 0 Å². The normalized spacial score (nSPS) is 19.3. The van der Waals surface area contributed by atoms with E-state index in [1.165, 1.54) is 0 Å². The lowest BCUT2D eigenvalue weighted by Gasteiger charge is -2.31. The predicted molar refractivity (Wildman–Crippen MR) is 141 cm³/mol. The highest BCUT2D eigenvalue weighted by Gasteiger charge is 2.18. The number of ketones is 1. The summed E-state index contributed by atoms with van der Waals surface area (Å²) in [6.07, 6.45) is 3.93. The zero-order valence-electron chi connectivity index (χ0n) is 20.7. The van der Waals surface area contributed by atoms with Crippen molar-refractivity contribution in [1.82, 2.24) is 15.3 Å². The second-order valence-electron chi connectivity index (χ2n) is 9.24. The molecule has 0 saturated carbocycles. The third-order valence-electron chi connectivity index (χ3n) is 6.64. The summed E-state index contributed by atoms with van der Waals surface area (Å²) in [5.74, 6) is 1.54. The topological polar surface area (TPSA) is 88.6 Å². The number of rotatable bonds is 1. The highest BCUT2D eigenvalue weighted by Crippen LogP contribution is 2.28. The molecule has 5 rings (SSSR count). The number of hydrogen-bond acceptors (Lipinski definition) is 8. The van der Waals surface area contributed by atoms with Crippen LogP contribution in [0.25, 0.3) is 11.3 Å². The second kappa shape index (κ2) is 11.5. The number of anilines is 3. The first-order chi connectivity index (χ1) is 17.7. The quantitative estimate of drug-likeness (QED) is 0.524. The molecule has 36 heavy (non-hydrogen) atoms. The van der Waals surface area contributed by atoms with E-state index in [-0.39, 0.29) is 11.8 Å². The third kappa shape index (κ3) is 6.01. The van der Waals surface area contributed by atoms with Gasteiger partial charge in [-0.25, -0.2) is 9.97 Å². The van der Waals surface area contributed by atoms with Gasteiger partial charge in [-0.2, -0.15) is 0 Å². The van der Waals surface area contributed by atoms with Crippen LogP contribution in [0.2, 0.25) is 0 Å². The van der Waals surface area contributed by atoms with Crippen LogP contribution in [0.4, 0.5) is 17.3 Å². The van der Waals surface area contributed by atoms with Crippen molar-refractivity contribution in [2.45, 2.75) is 38.8 Å². The van der Waals surface area contributed by atoms with Crippen molar-refractivity contribution in [2.24, 2.45) is 0 Å². The smallest absolute Gasteiger partial charge is 0.227 e. The Kier molecular flexibility index (Phi) is 7.73. The van der Waals surface area contributed by atoms with Crippen molar-refractivity contribution in [2.75, 3.05) is 43.1 Å². The Hall–Kier alpha value is -3.49. The van der Waals surface area contributed by atoms with Crippen molar-refractivity contribution < 1.29 is 14.3 Å². The molecule has 2 aromatic carbocycles. The number of nitrogens with zero attached hydrogens (tertiary/aromatic N) is 3. The van der Waals surface area contributed by atoms with Crippen molar-refractivity contribution >= 4 is 23.1 Å². The zero-order valence-corrected chi connectivity index (χ0v) is 20.7. The summed E-state index contributed by atoms with van der Waals surface area (Å²) in [6.45, 7) is 6.24. The van der Waals surface area contributed by atoms with E-state index in [1.54, 1.807) is 6.20 Å². The average molecular weight is 488 g/mol. The molecule has 1 atom stereocenters. The first-order valence-electron chi connectivity index (χ1n) is 12.7. The van der Waals surface area contributed by atoms with Crippen LogP contribution >= 0.6 is 0 Å². The number of fused-ring (bicyclic) bond motifs is 7. The monoisotopic (exact) mass is 487 g/mol. The van der Waals surface area contributed by atoms with E-state index in [9.17, 15) is 4.79 Å². The number of nitrogens with one attached hydrogen (secondary N) is 2. The molecule has 2 N–H and O–H groups in total. The molecule has 0 amide bonds. The summed E-state index contributed by atoms with van der Waals surface area (Å²) in [7, 11) is 0. The molecule has 188 valence electrons. The van der Waals surface area contributed by atoms with Crippen LogP contribution in [-0.2, 0) is 16.1 Å². The molecule has 1 aromatic heterocycles. The molecule has 0 unspecified atom stereocenters. The maximum atomic E-state index is 12.8. The maximum Gasteiger partial charge on any atom is 0.227 e. The van der Waals surface area contributed by atoms with Crippen LogP contribution in [0, 0.1) is 0 Å². The maximum absolute atomic E-state index is 12.8. The van der Waals surface area contributed by atoms with Gasteiger partial charge in [-0.3, -0.25) is 4.79 Å². The van der Waals surface area contributed by atoms with Crippen molar-refractivity contribution in [3.63, 3.8) is 0 Å². The number of Topliss-reactive ketones (excluding diaryl/α,β-unsaturated/α-hetero) is 1. The average Bonchev–Trinajstić information content (AvgIpc) is 2.92. The molecule has 2 aliphatic rings. The Morgan fingerprint density at radius 3 is 2.81 bits per heavy atom. The van der Waals surface area contributed by atoms with Gasteiger partial charge in [-0.1, -0.05) is 12.1 Å². The minimum absolute atomic E-state index is 0.223. The van der Waals surface area contributed by atoms with Gasteiger partial charge in [0.15, 0.2) is 0 Å². The lowest BCUT2D eigenvalue weighted by molar-refractivity contribution is -0.120. The lowest BCUT2D eigenvalue weighted by Crippen LogP contribution is -2.38. The van der Waals surface area contributed by atoms with Crippen LogP contribution in [0.5, 0.6) is 5.75 Å². The molecule has 0 aliphatic carbocycles. The van der Waals surface area contributed by atoms with Gasteiger partial charge >= 0.3 is 0 Å². The molecule has 8 nitrogen and oxygen atoms in total. The predicted octanol–water partition coefficient (Wildman–Crippen LogP) is 4.33. The molecular weight excluding hydrogens is 454 g/mol. The molecule has 0 radical (unpaired) electrons. The van der Waals surface area contributed by atoms with E-state index in [1.807, 2.05) is 37.3 Å².